The first-order chi connectivity index (χ1) is 14.5. The van der Waals surface area contributed by atoms with Gasteiger partial charge in [-0.05, 0) is 29.0 Å². The molecule has 4 rings (SSSR count). The third-order valence-corrected chi connectivity index (χ3v) is 8.98. The van der Waals surface area contributed by atoms with Gasteiger partial charge in [-0.1, -0.05) is 66.7 Å². The van der Waals surface area contributed by atoms with Crippen LogP contribution in [0.2, 0.25) is 0 Å². The molecule has 1 atom stereocenters. The smallest absolute Gasteiger partial charge is 0.223 e. The monoisotopic (exact) mass is 439 g/mol. The van der Waals surface area contributed by atoms with E-state index in [1.54, 1.807) is 4.90 Å². The minimum absolute atomic E-state index is 0.00901. The molecular weight excluding hydrogens is 414 g/mol. The van der Waals surface area contributed by atoms with Crippen molar-refractivity contribution < 1.29 is 13.2 Å². The van der Waals surface area contributed by atoms with Gasteiger partial charge in [0.2, 0.25) is 5.91 Å². The topological polar surface area (TPSA) is 54.5 Å². The van der Waals surface area contributed by atoms with E-state index in [4.69, 9.17) is 0 Å². The molecule has 2 heterocycles. The van der Waals surface area contributed by atoms with Crippen molar-refractivity contribution in [3.8, 4) is 0 Å². The maximum absolute atomic E-state index is 13.2. The minimum atomic E-state index is -3.27. The van der Waals surface area contributed by atoms with Crippen LogP contribution >= 0.6 is 11.3 Å². The maximum Gasteiger partial charge on any atom is 0.223 e. The third-order valence-electron chi connectivity index (χ3n) is 5.74. The highest BCUT2D eigenvalue weighted by Crippen LogP contribution is 2.33. The van der Waals surface area contributed by atoms with E-state index in [9.17, 15) is 13.2 Å². The summed E-state index contributed by atoms with van der Waals surface area (Å²) in [5.74, 6) is -0.0228. The SMILES string of the molecule is O=C(CC(c1ccccc1)c1ccccc1)N1CCC(c2cccs2)S(=O)(=O)CC1. The number of benzene rings is 2. The summed E-state index contributed by atoms with van der Waals surface area (Å²) in [5.41, 5.74) is 2.19. The first-order valence-electron chi connectivity index (χ1n) is 10.2. The van der Waals surface area contributed by atoms with E-state index >= 15 is 0 Å². The van der Waals surface area contributed by atoms with Gasteiger partial charge in [0.15, 0.2) is 9.84 Å². The Kier molecular flexibility index (Phi) is 6.35. The Morgan fingerprint density at radius 1 is 0.933 bits per heavy atom. The van der Waals surface area contributed by atoms with Crippen molar-refractivity contribution in [3.05, 3.63) is 94.2 Å². The van der Waals surface area contributed by atoms with Crippen molar-refractivity contribution >= 4 is 27.1 Å². The van der Waals surface area contributed by atoms with Gasteiger partial charge in [-0.25, -0.2) is 8.42 Å². The third kappa shape index (κ3) is 4.65. The molecule has 1 aliphatic heterocycles. The molecule has 4 nitrogen and oxygen atoms in total. The van der Waals surface area contributed by atoms with Crippen LogP contribution in [0.4, 0.5) is 0 Å². The maximum atomic E-state index is 13.2. The average molecular weight is 440 g/mol. The van der Waals surface area contributed by atoms with Crippen LogP contribution in [0, 0.1) is 0 Å². The van der Waals surface area contributed by atoms with Crippen LogP contribution in [0.3, 0.4) is 0 Å². The summed E-state index contributed by atoms with van der Waals surface area (Å²) in [6, 6.07) is 23.8. The Morgan fingerprint density at radius 3 is 2.13 bits per heavy atom. The molecule has 156 valence electrons. The summed E-state index contributed by atoms with van der Waals surface area (Å²) >= 11 is 1.47. The highest BCUT2D eigenvalue weighted by atomic mass is 32.2. The molecule has 1 amide bonds. The number of sulfone groups is 1. The largest absolute Gasteiger partial charge is 0.342 e. The minimum Gasteiger partial charge on any atom is -0.342 e. The second-order valence-electron chi connectivity index (χ2n) is 7.62. The van der Waals surface area contributed by atoms with Gasteiger partial charge in [0.25, 0.3) is 0 Å². The van der Waals surface area contributed by atoms with E-state index in [1.807, 2.05) is 78.2 Å². The Bertz CT molecular complexity index is 1020. The van der Waals surface area contributed by atoms with Crippen LogP contribution < -0.4 is 0 Å². The zero-order valence-corrected chi connectivity index (χ0v) is 18.3. The van der Waals surface area contributed by atoms with Gasteiger partial charge in [-0.2, -0.15) is 0 Å². The van der Waals surface area contributed by atoms with E-state index in [0.29, 0.717) is 19.4 Å². The van der Waals surface area contributed by atoms with Crippen molar-refractivity contribution in [2.45, 2.75) is 24.0 Å². The molecular formula is C24H25NO3S2. The molecule has 1 aliphatic rings. The van der Waals surface area contributed by atoms with Crippen molar-refractivity contribution in [1.29, 1.82) is 0 Å². The molecule has 1 fully saturated rings. The average Bonchev–Trinajstić information content (AvgIpc) is 3.24. The van der Waals surface area contributed by atoms with Crippen molar-refractivity contribution in [2.75, 3.05) is 18.8 Å². The highest BCUT2D eigenvalue weighted by molar-refractivity contribution is 7.91. The first kappa shape index (κ1) is 20.8. The quantitative estimate of drug-likeness (QED) is 0.581. The number of nitrogens with zero attached hydrogens (tertiary/aromatic N) is 1. The van der Waals surface area contributed by atoms with Gasteiger partial charge >= 0.3 is 0 Å². The molecule has 1 saturated heterocycles. The van der Waals surface area contributed by atoms with E-state index in [2.05, 4.69) is 0 Å². The summed E-state index contributed by atoms with van der Waals surface area (Å²) in [7, 11) is -3.27. The fraction of sp³-hybridized carbons (Fsp3) is 0.292. The summed E-state index contributed by atoms with van der Waals surface area (Å²) in [5, 5.41) is 1.40. The van der Waals surface area contributed by atoms with E-state index in [1.165, 1.54) is 11.3 Å². The molecule has 0 spiro atoms. The van der Waals surface area contributed by atoms with Gasteiger partial charge in [0.05, 0.1) is 11.0 Å². The summed E-state index contributed by atoms with van der Waals surface area (Å²) in [6.45, 7) is 0.732. The van der Waals surface area contributed by atoms with Gasteiger partial charge in [-0.3, -0.25) is 4.79 Å². The fourth-order valence-corrected chi connectivity index (χ4v) is 7.09. The van der Waals surface area contributed by atoms with Crippen LogP contribution in [0.1, 0.15) is 40.0 Å². The van der Waals surface area contributed by atoms with Crippen LogP contribution in [-0.2, 0) is 14.6 Å². The fourth-order valence-electron chi connectivity index (χ4n) is 4.09. The molecule has 0 aliphatic carbocycles. The van der Waals surface area contributed by atoms with Crippen molar-refractivity contribution in [1.82, 2.24) is 4.90 Å². The summed E-state index contributed by atoms with van der Waals surface area (Å²) in [6.07, 6.45) is 0.785. The number of thiophene rings is 1. The van der Waals surface area contributed by atoms with Crippen LogP contribution in [0.15, 0.2) is 78.2 Å². The van der Waals surface area contributed by atoms with Gasteiger partial charge in [0.1, 0.15) is 0 Å². The van der Waals surface area contributed by atoms with Gasteiger partial charge < -0.3 is 4.90 Å². The molecule has 0 bridgehead atoms. The Balaban J connectivity index is 1.53. The van der Waals surface area contributed by atoms with Gasteiger partial charge in [-0.15, -0.1) is 11.3 Å². The lowest BCUT2D eigenvalue weighted by Crippen LogP contribution is -2.34. The molecule has 0 saturated carbocycles. The highest BCUT2D eigenvalue weighted by Gasteiger charge is 2.33. The molecule has 1 unspecified atom stereocenters. The number of hydrogen-bond acceptors (Lipinski definition) is 4. The number of carbonyl (C=O) groups excluding carboxylic acids is 1. The lowest BCUT2D eigenvalue weighted by Gasteiger charge is -2.24. The number of rotatable bonds is 5. The second kappa shape index (κ2) is 9.14. The van der Waals surface area contributed by atoms with Crippen LogP contribution in [-0.4, -0.2) is 38.1 Å². The predicted octanol–water partition coefficient (Wildman–Crippen LogP) is 4.66. The Hall–Kier alpha value is -2.44. The molecule has 0 N–H and O–H groups in total. The molecule has 1 aromatic heterocycles. The molecule has 6 heteroatoms. The van der Waals surface area contributed by atoms with Gasteiger partial charge in [0, 0.05) is 30.3 Å². The Labute approximate surface area is 182 Å². The van der Waals surface area contributed by atoms with E-state index in [0.717, 1.165) is 16.0 Å². The molecule has 3 aromatic rings. The predicted molar refractivity (Wildman–Crippen MR) is 121 cm³/mol. The number of amides is 1. The normalized spacial score (nSPS) is 18.8. The molecule has 0 radical (unpaired) electrons. The van der Waals surface area contributed by atoms with Crippen LogP contribution in [0.5, 0.6) is 0 Å². The summed E-state index contributed by atoms with van der Waals surface area (Å²) in [4.78, 5) is 15.9. The second-order valence-corrected chi connectivity index (χ2v) is 10.9. The van der Waals surface area contributed by atoms with Crippen molar-refractivity contribution in [3.63, 3.8) is 0 Å². The zero-order chi connectivity index (χ0) is 21.0. The summed E-state index contributed by atoms with van der Waals surface area (Å²) < 4.78 is 25.6. The zero-order valence-electron chi connectivity index (χ0n) is 16.7. The lowest BCUT2D eigenvalue weighted by atomic mass is 9.88. The molecule has 2 aromatic carbocycles. The lowest BCUT2D eigenvalue weighted by molar-refractivity contribution is -0.131. The molecule has 30 heavy (non-hydrogen) atoms. The Morgan fingerprint density at radius 2 is 1.57 bits per heavy atom. The van der Waals surface area contributed by atoms with Crippen molar-refractivity contribution in [2.24, 2.45) is 0 Å². The first-order valence-corrected chi connectivity index (χ1v) is 12.8. The van der Waals surface area contributed by atoms with E-state index in [-0.39, 0.29) is 24.1 Å². The number of carbonyl (C=O) groups is 1. The standard InChI is InChI=1S/C24H25NO3S2/c26-24(18-21(19-8-3-1-4-9-19)20-10-5-2-6-11-20)25-14-13-23(22-12-7-16-29-22)30(27,28)17-15-25/h1-12,16,21,23H,13-15,17-18H2. The number of hydrogen-bond donors (Lipinski definition) is 0. The van der Waals surface area contributed by atoms with E-state index < -0.39 is 15.1 Å². The van der Waals surface area contributed by atoms with Crippen LogP contribution in [0.25, 0.3) is 0 Å².